The molecule has 3 rings (SSSR count). The van der Waals surface area contributed by atoms with E-state index in [1.165, 1.54) is 18.3 Å². The molecule has 0 radical (unpaired) electrons. The van der Waals surface area contributed by atoms with E-state index in [4.69, 9.17) is 16.3 Å². The Morgan fingerprint density at radius 2 is 2.00 bits per heavy atom. The molecule has 0 saturated heterocycles. The standard InChI is InChI=1S/C18H13ClFN3O2/c1-11-5-14(25-15-6-12(20)9-21-10-15)8-16(22-11)17(24)7-13-3-2-4-18(19)23-13/h2-6,8-10H,7H2,1H3. The fraction of sp³-hybridized carbons (Fsp3) is 0.111. The van der Waals surface area contributed by atoms with Gasteiger partial charge in [-0.1, -0.05) is 17.7 Å². The fourth-order valence-electron chi connectivity index (χ4n) is 2.23. The van der Waals surface area contributed by atoms with Gasteiger partial charge in [-0.3, -0.25) is 9.78 Å². The zero-order chi connectivity index (χ0) is 17.8. The van der Waals surface area contributed by atoms with Gasteiger partial charge in [0.05, 0.1) is 18.8 Å². The number of ether oxygens (including phenoxy) is 1. The summed E-state index contributed by atoms with van der Waals surface area (Å²) in [4.78, 5) is 24.5. The van der Waals surface area contributed by atoms with Crippen LogP contribution in [-0.2, 0) is 6.42 Å². The predicted octanol–water partition coefficient (Wildman–Crippen LogP) is 4.19. The van der Waals surface area contributed by atoms with Crippen LogP contribution in [0, 0.1) is 12.7 Å². The van der Waals surface area contributed by atoms with Gasteiger partial charge in [0.25, 0.3) is 0 Å². The summed E-state index contributed by atoms with van der Waals surface area (Å²) in [6, 6.07) is 9.45. The highest BCUT2D eigenvalue weighted by Crippen LogP contribution is 2.23. The van der Waals surface area contributed by atoms with Crippen molar-refractivity contribution >= 4 is 17.4 Å². The molecular formula is C18H13ClFN3O2. The summed E-state index contributed by atoms with van der Waals surface area (Å²) in [5.41, 5.74) is 1.39. The Hall–Kier alpha value is -2.86. The van der Waals surface area contributed by atoms with Crippen LogP contribution in [0.2, 0.25) is 5.15 Å². The van der Waals surface area contributed by atoms with Crippen LogP contribution in [0.15, 0.2) is 48.8 Å². The van der Waals surface area contributed by atoms with Crippen LogP contribution in [0.25, 0.3) is 0 Å². The lowest BCUT2D eigenvalue weighted by Crippen LogP contribution is -2.08. The van der Waals surface area contributed by atoms with Gasteiger partial charge in [-0.25, -0.2) is 14.4 Å². The first-order valence-corrected chi connectivity index (χ1v) is 7.79. The smallest absolute Gasteiger partial charge is 0.187 e. The molecule has 0 unspecified atom stereocenters. The van der Waals surface area contributed by atoms with Crippen molar-refractivity contribution in [3.05, 3.63) is 76.8 Å². The quantitative estimate of drug-likeness (QED) is 0.506. The van der Waals surface area contributed by atoms with Gasteiger partial charge in [0.1, 0.15) is 28.2 Å². The first-order chi connectivity index (χ1) is 12.0. The Balaban J connectivity index is 1.82. The lowest BCUT2D eigenvalue weighted by atomic mass is 10.1. The minimum absolute atomic E-state index is 0.0674. The number of hydrogen-bond acceptors (Lipinski definition) is 5. The minimum Gasteiger partial charge on any atom is -0.455 e. The summed E-state index contributed by atoms with van der Waals surface area (Å²) < 4.78 is 18.8. The molecule has 0 N–H and O–H groups in total. The van der Waals surface area contributed by atoms with Crippen molar-refractivity contribution in [1.29, 1.82) is 0 Å². The number of hydrogen-bond donors (Lipinski definition) is 0. The van der Waals surface area contributed by atoms with Gasteiger partial charge in [-0.15, -0.1) is 0 Å². The van der Waals surface area contributed by atoms with Gasteiger partial charge in [-0.2, -0.15) is 0 Å². The number of Topliss-reactive ketones (excluding diaryl/α,β-unsaturated/α-hetero) is 1. The van der Waals surface area contributed by atoms with Crippen molar-refractivity contribution in [3.8, 4) is 11.5 Å². The van der Waals surface area contributed by atoms with E-state index in [1.54, 1.807) is 31.2 Å². The van der Waals surface area contributed by atoms with Gasteiger partial charge in [0.15, 0.2) is 5.78 Å². The second-order valence-corrected chi connectivity index (χ2v) is 5.71. The maximum atomic E-state index is 13.2. The largest absolute Gasteiger partial charge is 0.455 e. The molecule has 126 valence electrons. The highest BCUT2D eigenvalue weighted by Gasteiger charge is 2.13. The van der Waals surface area contributed by atoms with E-state index in [1.807, 2.05) is 0 Å². The number of ketones is 1. The SMILES string of the molecule is Cc1cc(Oc2cncc(F)c2)cc(C(=O)Cc2cccc(Cl)n2)n1. The number of aryl methyl sites for hydroxylation is 1. The van der Waals surface area contributed by atoms with E-state index in [2.05, 4.69) is 15.0 Å². The van der Waals surface area contributed by atoms with E-state index in [-0.39, 0.29) is 23.6 Å². The van der Waals surface area contributed by atoms with E-state index >= 15 is 0 Å². The van der Waals surface area contributed by atoms with E-state index in [9.17, 15) is 9.18 Å². The molecule has 5 nitrogen and oxygen atoms in total. The Labute approximate surface area is 148 Å². The van der Waals surface area contributed by atoms with Crippen molar-refractivity contribution in [2.45, 2.75) is 13.3 Å². The van der Waals surface area contributed by atoms with Gasteiger partial charge in [0, 0.05) is 29.6 Å². The molecule has 0 saturated carbocycles. The topological polar surface area (TPSA) is 65.0 Å². The second-order valence-electron chi connectivity index (χ2n) is 5.32. The number of rotatable bonds is 5. The van der Waals surface area contributed by atoms with Crippen molar-refractivity contribution in [3.63, 3.8) is 0 Å². The summed E-state index contributed by atoms with van der Waals surface area (Å²) in [5, 5.41) is 0.324. The molecule has 7 heteroatoms. The third kappa shape index (κ3) is 4.58. The number of aromatic nitrogens is 3. The monoisotopic (exact) mass is 357 g/mol. The zero-order valence-corrected chi connectivity index (χ0v) is 14.0. The Morgan fingerprint density at radius 3 is 2.76 bits per heavy atom. The van der Waals surface area contributed by atoms with Crippen LogP contribution < -0.4 is 4.74 Å². The minimum atomic E-state index is -0.508. The maximum Gasteiger partial charge on any atom is 0.187 e. The molecule has 0 amide bonds. The first kappa shape index (κ1) is 17.0. The Morgan fingerprint density at radius 1 is 1.16 bits per heavy atom. The van der Waals surface area contributed by atoms with Crippen LogP contribution in [-0.4, -0.2) is 20.7 Å². The highest BCUT2D eigenvalue weighted by molar-refractivity contribution is 6.29. The van der Waals surface area contributed by atoms with Gasteiger partial charge < -0.3 is 4.74 Å². The summed E-state index contributed by atoms with van der Waals surface area (Å²) in [6.07, 6.45) is 2.53. The van der Waals surface area contributed by atoms with E-state index in [0.29, 0.717) is 22.3 Å². The molecule has 25 heavy (non-hydrogen) atoms. The summed E-state index contributed by atoms with van der Waals surface area (Å²) >= 11 is 5.83. The normalized spacial score (nSPS) is 10.5. The Kier molecular flexibility index (Phi) is 5.00. The number of carbonyl (C=O) groups is 1. The molecule has 0 spiro atoms. The Bertz CT molecular complexity index is 934. The fourth-order valence-corrected chi connectivity index (χ4v) is 2.41. The molecule has 3 aromatic rings. The molecule has 0 bridgehead atoms. The average Bonchev–Trinajstić information content (AvgIpc) is 2.54. The second kappa shape index (κ2) is 7.36. The van der Waals surface area contributed by atoms with E-state index < -0.39 is 5.82 Å². The van der Waals surface area contributed by atoms with Gasteiger partial charge in [0.2, 0.25) is 0 Å². The summed E-state index contributed by atoms with van der Waals surface area (Å²) in [6.45, 7) is 1.74. The molecule has 0 aromatic carbocycles. The van der Waals surface area contributed by atoms with Gasteiger partial charge in [-0.05, 0) is 19.1 Å². The van der Waals surface area contributed by atoms with Crippen LogP contribution >= 0.6 is 11.6 Å². The summed E-state index contributed by atoms with van der Waals surface area (Å²) in [5.74, 6) is -0.116. The lowest BCUT2D eigenvalue weighted by molar-refractivity contribution is 0.0986. The zero-order valence-electron chi connectivity index (χ0n) is 13.2. The highest BCUT2D eigenvalue weighted by atomic mass is 35.5. The average molecular weight is 358 g/mol. The van der Waals surface area contributed by atoms with Crippen molar-refractivity contribution < 1.29 is 13.9 Å². The molecule has 0 aliphatic carbocycles. The molecule has 3 aromatic heterocycles. The number of nitrogens with zero attached hydrogens (tertiary/aromatic N) is 3. The molecule has 0 atom stereocenters. The molecular weight excluding hydrogens is 345 g/mol. The summed E-state index contributed by atoms with van der Waals surface area (Å²) in [7, 11) is 0. The number of pyridine rings is 3. The maximum absolute atomic E-state index is 13.2. The first-order valence-electron chi connectivity index (χ1n) is 7.41. The third-order valence-corrected chi connectivity index (χ3v) is 3.45. The predicted molar refractivity (Wildman–Crippen MR) is 90.5 cm³/mol. The molecule has 3 heterocycles. The van der Waals surface area contributed by atoms with E-state index in [0.717, 1.165) is 6.20 Å². The van der Waals surface area contributed by atoms with Crippen LogP contribution in [0.5, 0.6) is 11.5 Å². The van der Waals surface area contributed by atoms with Crippen LogP contribution in [0.1, 0.15) is 21.9 Å². The molecule has 0 aliphatic rings. The van der Waals surface area contributed by atoms with Crippen molar-refractivity contribution in [2.24, 2.45) is 0 Å². The van der Waals surface area contributed by atoms with Crippen molar-refractivity contribution in [1.82, 2.24) is 15.0 Å². The van der Waals surface area contributed by atoms with Crippen LogP contribution in [0.3, 0.4) is 0 Å². The third-order valence-electron chi connectivity index (χ3n) is 3.24. The molecule has 0 aliphatic heterocycles. The van der Waals surface area contributed by atoms with Crippen molar-refractivity contribution in [2.75, 3.05) is 0 Å². The van der Waals surface area contributed by atoms with Crippen LogP contribution in [0.4, 0.5) is 4.39 Å². The number of carbonyl (C=O) groups excluding carboxylic acids is 1. The number of halogens is 2. The lowest BCUT2D eigenvalue weighted by Gasteiger charge is -2.08. The van der Waals surface area contributed by atoms with Gasteiger partial charge >= 0.3 is 0 Å². The molecule has 0 fully saturated rings.